The monoisotopic (exact) mass is 303 g/mol. The maximum atomic E-state index is 14.0. The molecule has 0 bridgehead atoms. The lowest BCUT2D eigenvalue weighted by Gasteiger charge is -2.10. The van der Waals surface area contributed by atoms with Gasteiger partial charge in [0.05, 0.1) is 11.4 Å². The van der Waals surface area contributed by atoms with Crippen molar-refractivity contribution in [2.75, 3.05) is 5.32 Å². The predicted octanol–water partition coefficient (Wildman–Crippen LogP) is 2.59. The van der Waals surface area contributed by atoms with E-state index in [1.807, 2.05) is 0 Å². The van der Waals surface area contributed by atoms with Crippen LogP contribution in [0.15, 0.2) is 47.5 Å². The van der Waals surface area contributed by atoms with Gasteiger partial charge in [-0.25, -0.2) is 9.38 Å². The molecule has 106 valence electrons. The van der Waals surface area contributed by atoms with Crippen LogP contribution < -0.4 is 5.32 Å². The van der Waals surface area contributed by atoms with E-state index in [1.54, 1.807) is 30.3 Å². The lowest BCUT2D eigenvalue weighted by Crippen LogP contribution is -2.24. The van der Waals surface area contributed by atoms with Crippen molar-refractivity contribution in [1.82, 2.24) is 0 Å². The van der Waals surface area contributed by atoms with Gasteiger partial charge in [0.2, 0.25) is 6.23 Å². The second-order valence-electron chi connectivity index (χ2n) is 4.51. The lowest BCUT2D eigenvalue weighted by atomic mass is 10.00. The van der Waals surface area contributed by atoms with Gasteiger partial charge in [0, 0.05) is 16.1 Å². The molecule has 21 heavy (non-hydrogen) atoms. The number of aliphatic hydroxyl groups excluding tert-OH is 1. The van der Waals surface area contributed by atoms with Crippen LogP contribution in [0.3, 0.4) is 0 Å². The first-order chi connectivity index (χ1) is 10.1. The predicted molar refractivity (Wildman–Crippen MR) is 78.1 cm³/mol. The molecule has 6 heteroatoms. The number of aliphatic hydroxyl groups is 1. The Morgan fingerprint density at radius 3 is 2.71 bits per heavy atom. The minimum absolute atomic E-state index is 0.177. The number of rotatable bonds is 1. The highest BCUT2D eigenvalue weighted by molar-refractivity contribution is 6.32. The van der Waals surface area contributed by atoms with Gasteiger partial charge in [-0.3, -0.25) is 4.79 Å². The van der Waals surface area contributed by atoms with Crippen LogP contribution in [0.5, 0.6) is 0 Å². The van der Waals surface area contributed by atoms with E-state index < -0.39 is 18.0 Å². The van der Waals surface area contributed by atoms with E-state index in [0.29, 0.717) is 16.3 Å². The molecule has 0 fully saturated rings. The number of benzene rings is 2. The maximum absolute atomic E-state index is 14.0. The average molecular weight is 304 g/mol. The zero-order valence-corrected chi connectivity index (χ0v) is 11.4. The Kier molecular flexibility index (Phi) is 3.45. The second kappa shape index (κ2) is 5.27. The van der Waals surface area contributed by atoms with E-state index in [9.17, 15) is 14.3 Å². The number of amides is 1. The van der Waals surface area contributed by atoms with Crippen LogP contribution >= 0.6 is 11.6 Å². The quantitative estimate of drug-likeness (QED) is 0.850. The number of nitrogens with zero attached hydrogens (tertiary/aromatic N) is 1. The third-order valence-electron chi connectivity index (χ3n) is 3.11. The van der Waals surface area contributed by atoms with Crippen LogP contribution in [0.4, 0.5) is 10.1 Å². The first-order valence-electron chi connectivity index (χ1n) is 6.18. The summed E-state index contributed by atoms with van der Waals surface area (Å²) in [6, 6.07) is 10.8. The Bertz CT molecular complexity index is 761. The summed E-state index contributed by atoms with van der Waals surface area (Å²) < 4.78 is 14.0. The molecule has 0 saturated heterocycles. The highest BCUT2D eigenvalue weighted by atomic mass is 35.5. The fourth-order valence-electron chi connectivity index (χ4n) is 2.14. The highest BCUT2D eigenvalue weighted by Gasteiger charge is 2.25. The fourth-order valence-corrected chi connectivity index (χ4v) is 2.31. The number of fused-ring (bicyclic) bond motifs is 1. The van der Waals surface area contributed by atoms with Crippen molar-refractivity contribution in [3.63, 3.8) is 0 Å². The summed E-state index contributed by atoms with van der Waals surface area (Å²) in [5.74, 6) is -1.17. The Balaban J connectivity index is 2.27. The van der Waals surface area contributed by atoms with Gasteiger partial charge in [-0.15, -0.1) is 0 Å². The van der Waals surface area contributed by atoms with E-state index in [0.717, 1.165) is 0 Å². The molecule has 2 aromatic rings. The third kappa shape index (κ3) is 2.53. The summed E-state index contributed by atoms with van der Waals surface area (Å²) in [7, 11) is 0. The van der Waals surface area contributed by atoms with Crippen molar-refractivity contribution in [2.45, 2.75) is 6.23 Å². The van der Waals surface area contributed by atoms with Crippen LogP contribution in [0.2, 0.25) is 5.02 Å². The molecule has 4 nitrogen and oxygen atoms in total. The average Bonchev–Trinajstić information content (AvgIpc) is 2.58. The molecule has 1 heterocycles. The van der Waals surface area contributed by atoms with Crippen molar-refractivity contribution in [3.8, 4) is 0 Å². The molecule has 1 unspecified atom stereocenters. The van der Waals surface area contributed by atoms with Gasteiger partial charge in [-0.2, -0.15) is 0 Å². The normalized spacial score (nSPS) is 17.6. The number of carbonyl (C=O) groups is 1. The van der Waals surface area contributed by atoms with Gasteiger partial charge in [0.1, 0.15) is 5.82 Å². The molecule has 2 aromatic carbocycles. The van der Waals surface area contributed by atoms with Crippen LogP contribution in [0, 0.1) is 5.82 Å². The first kappa shape index (κ1) is 13.7. The smallest absolute Gasteiger partial charge is 0.276 e. The lowest BCUT2D eigenvalue weighted by molar-refractivity contribution is -0.123. The van der Waals surface area contributed by atoms with Gasteiger partial charge < -0.3 is 10.4 Å². The third-order valence-corrected chi connectivity index (χ3v) is 3.34. The van der Waals surface area contributed by atoms with Crippen molar-refractivity contribution in [3.05, 3.63) is 64.4 Å². The number of benzodiazepines with no additional fused rings is 1. The summed E-state index contributed by atoms with van der Waals surface area (Å²) in [6.07, 6.45) is -1.61. The molecule has 0 saturated carbocycles. The minimum Gasteiger partial charge on any atom is -0.364 e. The van der Waals surface area contributed by atoms with Crippen molar-refractivity contribution < 1.29 is 14.3 Å². The topological polar surface area (TPSA) is 61.7 Å². The zero-order chi connectivity index (χ0) is 15.0. The molecule has 3 rings (SSSR count). The number of halogens is 2. The van der Waals surface area contributed by atoms with Gasteiger partial charge in [-0.05, 0) is 30.3 Å². The molecule has 0 aromatic heterocycles. The zero-order valence-electron chi connectivity index (χ0n) is 10.7. The number of carbonyl (C=O) groups excluding carboxylic acids is 1. The molecule has 1 atom stereocenters. The molecule has 0 spiro atoms. The van der Waals surface area contributed by atoms with Crippen molar-refractivity contribution >= 4 is 28.9 Å². The van der Waals surface area contributed by atoms with E-state index in [4.69, 9.17) is 11.6 Å². The largest absolute Gasteiger partial charge is 0.364 e. The number of hydrogen-bond donors (Lipinski definition) is 2. The summed E-state index contributed by atoms with van der Waals surface area (Å²) >= 11 is 5.97. The SMILES string of the molecule is O=C1Nc2ccc(Cl)cc2C(c2ccccc2[18F])=NC1O. The van der Waals surface area contributed by atoms with Crippen molar-refractivity contribution in [1.29, 1.82) is 0 Å². The Labute approximate surface area is 124 Å². The Morgan fingerprint density at radius 1 is 1.19 bits per heavy atom. The summed E-state index contributed by atoms with van der Waals surface area (Å²) in [4.78, 5) is 15.7. The van der Waals surface area contributed by atoms with E-state index in [-0.39, 0.29) is 11.3 Å². The molecule has 0 aliphatic carbocycles. The molecule has 0 radical (unpaired) electrons. The molecule has 1 aliphatic heterocycles. The van der Waals surface area contributed by atoms with E-state index >= 15 is 0 Å². The van der Waals surface area contributed by atoms with E-state index in [2.05, 4.69) is 10.3 Å². The van der Waals surface area contributed by atoms with Crippen molar-refractivity contribution in [2.24, 2.45) is 4.99 Å². The van der Waals surface area contributed by atoms with Gasteiger partial charge in [0.15, 0.2) is 0 Å². The first-order valence-corrected chi connectivity index (χ1v) is 6.55. The molecule has 1 amide bonds. The molecule has 2 N–H and O–H groups in total. The van der Waals surface area contributed by atoms with Gasteiger partial charge >= 0.3 is 0 Å². The fraction of sp³-hybridized carbons (Fsp3) is 0.0667. The van der Waals surface area contributed by atoms with Crippen LogP contribution in [-0.4, -0.2) is 23.0 Å². The number of aliphatic imine (C=N–C) groups is 1. The number of nitrogens with one attached hydrogen (secondary N) is 1. The number of hydrogen-bond acceptors (Lipinski definition) is 3. The highest BCUT2D eigenvalue weighted by Crippen LogP contribution is 2.27. The molecular weight excluding hydrogens is 294 g/mol. The summed E-state index contributed by atoms with van der Waals surface area (Å²) in [6.45, 7) is 0. The van der Waals surface area contributed by atoms with Crippen LogP contribution in [0.25, 0.3) is 0 Å². The summed E-state index contributed by atoms with van der Waals surface area (Å²) in [5, 5.41) is 12.7. The summed E-state index contributed by atoms with van der Waals surface area (Å²) in [5.41, 5.74) is 1.24. The van der Waals surface area contributed by atoms with Crippen LogP contribution in [0.1, 0.15) is 11.1 Å². The van der Waals surface area contributed by atoms with Crippen LogP contribution in [-0.2, 0) is 4.79 Å². The van der Waals surface area contributed by atoms with Gasteiger partial charge in [-0.1, -0.05) is 23.7 Å². The Morgan fingerprint density at radius 2 is 1.95 bits per heavy atom. The molecular formula is C15H10ClFN2O2. The standard InChI is InChI=1S/C15H10ClFN2O2/c16-8-5-6-12-10(7-8)13(19-15(21)14(20)18-12)9-3-1-2-4-11(9)17/h1-7,15,21H,(H,18,20)/i17-1. The van der Waals surface area contributed by atoms with E-state index in [1.165, 1.54) is 12.1 Å². The second-order valence-corrected chi connectivity index (χ2v) is 4.95. The minimum atomic E-state index is -1.61. The number of anilines is 1. The molecule has 1 aliphatic rings. The Hall–Kier alpha value is -2.24. The maximum Gasteiger partial charge on any atom is 0.276 e. The van der Waals surface area contributed by atoms with Gasteiger partial charge in [0.25, 0.3) is 5.91 Å².